The Balaban J connectivity index is 1.80. The molecule has 0 amide bonds. The number of nitro benzene ring substituents is 1. The van der Waals surface area contributed by atoms with Crippen molar-refractivity contribution in [3.05, 3.63) is 34.4 Å². The molecular formula is C15H23N3O4S. The predicted molar refractivity (Wildman–Crippen MR) is 87.8 cm³/mol. The van der Waals surface area contributed by atoms with Crippen molar-refractivity contribution >= 4 is 15.7 Å². The summed E-state index contributed by atoms with van der Waals surface area (Å²) in [4.78, 5) is 10.1. The normalized spacial score (nSPS) is 16.9. The average molecular weight is 341 g/mol. The highest BCUT2D eigenvalue weighted by Crippen LogP contribution is 2.17. The van der Waals surface area contributed by atoms with Gasteiger partial charge in [-0.2, -0.15) is 0 Å². The van der Waals surface area contributed by atoms with Gasteiger partial charge in [0.1, 0.15) is 0 Å². The van der Waals surface area contributed by atoms with Gasteiger partial charge in [-0.1, -0.05) is 25.7 Å². The number of hydrogen-bond acceptors (Lipinski definition) is 5. The van der Waals surface area contributed by atoms with Crippen LogP contribution in [-0.4, -0.2) is 32.5 Å². The Morgan fingerprint density at radius 2 is 1.65 bits per heavy atom. The summed E-state index contributed by atoms with van der Waals surface area (Å²) >= 11 is 0. The van der Waals surface area contributed by atoms with Crippen LogP contribution in [0.25, 0.3) is 0 Å². The van der Waals surface area contributed by atoms with Crippen molar-refractivity contribution in [2.45, 2.75) is 49.5 Å². The van der Waals surface area contributed by atoms with Gasteiger partial charge in [-0.25, -0.2) is 13.1 Å². The monoisotopic (exact) mass is 341 g/mol. The molecule has 7 nitrogen and oxygen atoms in total. The number of nitrogens with one attached hydrogen (secondary N) is 2. The minimum atomic E-state index is -3.63. The van der Waals surface area contributed by atoms with Crippen LogP contribution in [0.2, 0.25) is 0 Å². The fourth-order valence-electron chi connectivity index (χ4n) is 2.78. The number of non-ortho nitro benzene ring substituents is 1. The molecule has 128 valence electrons. The van der Waals surface area contributed by atoms with Crippen molar-refractivity contribution in [1.82, 2.24) is 10.0 Å². The lowest BCUT2D eigenvalue weighted by molar-refractivity contribution is -0.384. The van der Waals surface area contributed by atoms with E-state index in [9.17, 15) is 18.5 Å². The average Bonchev–Trinajstić information content (AvgIpc) is 2.80. The van der Waals surface area contributed by atoms with Crippen molar-refractivity contribution in [2.24, 2.45) is 0 Å². The largest absolute Gasteiger partial charge is 0.313 e. The van der Waals surface area contributed by atoms with Gasteiger partial charge < -0.3 is 5.32 Å². The second-order valence-electron chi connectivity index (χ2n) is 5.79. The first-order chi connectivity index (χ1) is 11.0. The Labute approximate surface area is 136 Å². The third-order valence-corrected chi connectivity index (χ3v) is 5.54. The Morgan fingerprint density at radius 3 is 2.22 bits per heavy atom. The molecule has 1 saturated carbocycles. The van der Waals surface area contributed by atoms with E-state index in [2.05, 4.69) is 10.0 Å². The Kier molecular flexibility index (Phi) is 6.49. The van der Waals surface area contributed by atoms with Crippen LogP contribution in [0.15, 0.2) is 29.2 Å². The molecule has 1 aliphatic rings. The summed E-state index contributed by atoms with van der Waals surface area (Å²) in [6.45, 7) is 0.882. The van der Waals surface area contributed by atoms with Crippen molar-refractivity contribution in [3.63, 3.8) is 0 Å². The van der Waals surface area contributed by atoms with Crippen LogP contribution in [0.5, 0.6) is 0 Å². The highest BCUT2D eigenvalue weighted by atomic mass is 32.2. The molecule has 1 aliphatic carbocycles. The quantitative estimate of drug-likeness (QED) is 0.343. The summed E-state index contributed by atoms with van der Waals surface area (Å²) in [5.41, 5.74) is -0.126. The smallest absolute Gasteiger partial charge is 0.269 e. The van der Waals surface area contributed by atoms with E-state index >= 15 is 0 Å². The molecule has 1 fully saturated rings. The zero-order valence-electron chi connectivity index (χ0n) is 13.0. The van der Waals surface area contributed by atoms with Crippen LogP contribution in [0.1, 0.15) is 38.5 Å². The number of hydrogen-bond donors (Lipinski definition) is 2. The third kappa shape index (κ3) is 5.56. The summed E-state index contributed by atoms with van der Waals surface area (Å²) in [7, 11) is -3.63. The summed E-state index contributed by atoms with van der Waals surface area (Å²) in [6.07, 6.45) is 7.32. The van der Waals surface area contributed by atoms with Crippen molar-refractivity contribution in [2.75, 3.05) is 13.1 Å². The second-order valence-corrected chi connectivity index (χ2v) is 7.56. The molecule has 0 aromatic heterocycles. The zero-order chi connectivity index (χ0) is 16.7. The van der Waals surface area contributed by atoms with Crippen LogP contribution >= 0.6 is 0 Å². The summed E-state index contributed by atoms with van der Waals surface area (Å²) in [5.74, 6) is 0. The van der Waals surface area contributed by atoms with Gasteiger partial charge >= 0.3 is 0 Å². The lowest BCUT2D eigenvalue weighted by Crippen LogP contribution is -2.36. The molecule has 1 aromatic rings. The fraction of sp³-hybridized carbons (Fsp3) is 0.600. The van der Waals surface area contributed by atoms with Gasteiger partial charge in [0.2, 0.25) is 10.0 Å². The van der Waals surface area contributed by atoms with E-state index in [0.717, 1.165) is 12.8 Å². The van der Waals surface area contributed by atoms with E-state index in [1.54, 1.807) is 0 Å². The maximum Gasteiger partial charge on any atom is 0.269 e. The number of sulfonamides is 1. The van der Waals surface area contributed by atoms with Crippen molar-refractivity contribution < 1.29 is 13.3 Å². The molecule has 8 heteroatoms. The maximum atomic E-state index is 12.1. The van der Waals surface area contributed by atoms with Gasteiger partial charge in [0.05, 0.1) is 9.82 Å². The fourth-order valence-corrected chi connectivity index (χ4v) is 3.81. The summed E-state index contributed by atoms with van der Waals surface area (Å²) < 4.78 is 26.7. The molecule has 23 heavy (non-hydrogen) atoms. The van der Waals surface area contributed by atoms with Crippen LogP contribution in [-0.2, 0) is 10.0 Å². The van der Waals surface area contributed by atoms with E-state index in [0.29, 0.717) is 19.1 Å². The standard InChI is InChI=1S/C15H23N3O4S/c19-18(20)14-7-9-15(10-8-14)23(21,22)17-12-11-16-13-5-3-1-2-4-6-13/h7-10,13,16-17H,1-6,11-12H2. The maximum absolute atomic E-state index is 12.1. The van der Waals surface area contributed by atoms with Gasteiger partial charge in [-0.15, -0.1) is 0 Å². The summed E-state index contributed by atoms with van der Waals surface area (Å²) in [6, 6.07) is 5.36. The highest BCUT2D eigenvalue weighted by molar-refractivity contribution is 7.89. The number of benzene rings is 1. The first-order valence-electron chi connectivity index (χ1n) is 7.96. The molecule has 0 unspecified atom stereocenters. The molecule has 1 aromatic carbocycles. The minimum absolute atomic E-state index is 0.0394. The Hall–Kier alpha value is -1.51. The van der Waals surface area contributed by atoms with Crippen molar-refractivity contribution in [1.29, 1.82) is 0 Å². The van der Waals surface area contributed by atoms with Crippen LogP contribution in [0.3, 0.4) is 0 Å². The van der Waals surface area contributed by atoms with Gasteiger partial charge in [-0.05, 0) is 25.0 Å². The summed E-state index contributed by atoms with van der Waals surface area (Å²) in [5, 5.41) is 14.0. The lowest BCUT2D eigenvalue weighted by atomic mass is 10.1. The van der Waals surface area contributed by atoms with Gasteiger partial charge in [-0.3, -0.25) is 10.1 Å². The molecule has 0 bridgehead atoms. The van der Waals surface area contributed by atoms with Gasteiger partial charge in [0.15, 0.2) is 0 Å². The van der Waals surface area contributed by atoms with Crippen LogP contribution in [0, 0.1) is 10.1 Å². The number of nitro groups is 1. The van der Waals surface area contributed by atoms with Crippen LogP contribution < -0.4 is 10.0 Å². The van der Waals surface area contributed by atoms with E-state index in [1.165, 1.54) is 49.9 Å². The molecule has 0 atom stereocenters. The highest BCUT2D eigenvalue weighted by Gasteiger charge is 2.16. The van der Waals surface area contributed by atoms with E-state index in [1.807, 2.05) is 0 Å². The molecule has 0 aliphatic heterocycles. The zero-order valence-corrected chi connectivity index (χ0v) is 13.8. The molecule has 0 saturated heterocycles. The Morgan fingerprint density at radius 1 is 1.04 bits per heavy atom. The lowest BCUT2D eigenvalue weighted by Gasteiger charge is -2.16. The first kappa shape index (κ1) is 17.8. The SMILES string of the molecule is O=[N+]([O-])c1ccc(S(=O)(=O)NCCNC2CCCCCC2)cc1. The van der Waals surface area contributed by atoms with E-state index in [4.69, 9.17) is 0 Å². The molecule has 0 heterocycles. The van der Waals surface area contributed by atoms with Gasteiger partial charge in [0, 0.05) is 31.3 Å². The Bertz CT molecular complexity index is 608. The van der Waals surface area contributed by atoms with Crippen LogP contribution in [0.4, 0.5) is 5.69 Å². The molecule has 0 spiro atoms. The topological polar surface area (TPSA) is 101 Å². The molecule has 2 N–H and O–H groups in total. The predicted octanol–water partition coefficient (Wildman–Crippen LogP) is 2.19. The third-order valence-electron chi connectivity index (χ3n) is 4.06. The first-order valence-corrected chi connectivity index (χ1v) is 9.45. The van der Waals surface area contributed by atoms with Gasteiger partial charge in [0.25, 0.3) is 5.69 Å². The molecule has 2 rings (SSSR count). The number of rotatable bonds is 7. The van der Waals surface area contributed by atoms with E-state index < -0.39 is 14.9 Å². The number of nitrogens with zero attached hydrogens (tertiary/aromatic N) is 1. The molecule has 0 radical (unpaired) electrons. The minimum Gasteiger partial charge on any atom is -0.313 e. The van der Waals surface area contributed by atoms with Crippen molar-refractivity contribution in [3.8, 4) is 0 Å². The van der Waals surface area contributed by atoms with E-state index in [-0.39, 0.29) is 10.6 Å². The molecular weight excluding hydrogens is 318 g/mol. The second kappa shape index (κ2) is 8.37.